The van der Waals surface area contributed by atoms with E-state index in [1.165, 1.54) is 0 Å². The van der Waals surface area contributed by atoms with Crippen LogP contribution in [-0.2, 0) is 10.0 Å². The summed E-state index contributed by atoms with van der Waals surface area (Å²) in [6.07, 6.45) is 1.60. The predicted molar refractivity (Wildman–Crippen MR) is 35.3 cm³/mol. The van der Waals surface area contributed by atoms with Crippen molar-refractivity contribution in [2.45, 2.75) is 18.9 Å². The quantitative estimate of drug-likeness (QED) is 0.521. The van der Waals surface area contributed by atoms with E-state index < -0.39 is 10.0 Å². The molecule has 1 N–H and O–H groups in total. The number of sulfonamides is 1. The minimum Gasteiger partial charge on any atom is -0.212 e. The molecular weight excluding hydrogens is 138 g/mol. The standard InChI is InChI=1S/C5H10NO2S/c1-5-3-2-4-9(7,8)6-5/h5-6H,1-4H2. The zero-order valence-electron chi connectivity index (χ0n) is 5.13. The van der Waals surface area contributed by atoms with Gasteiger partial charge in [0.2, 0.25) is 10.0 Å². The van der Waals surface area contributed by atoms with Crippen molar-refractivity contribution in [3.63, 3.8) is 0 Å². The third kappa shape index (κ3) is 1.95. The molecule has 0 bridgehead atoms. The first kappa shape index (κ1) is 7.02. The second kappa shape index (κ2) is 2.27. The van der Waals surface area contributed by atoms with Crippen LogP contribution in [0.1, 0.15) is 12.8 Å². The van der Waals surface area contributed by atoms with Crippen LogP contribution in [0, 0.1) is 6.92 Å². The van der Waals surface area contributed by atoms with Crippen LogP contribution in [0.5, 0.6) is 0 Å². The Kier molecular flexibility index (Phi) is 1.77. The van der Waals surface area contributed by atoms with Gasteiger partial charge in [0.05, 0.1) is 5.75 Å². The summed E-state index contributed by atoms with van der Waals surface area (Å²) < 4.78 is 23.8. The first-order valence-electron chi connectivity index (χ1n) is 2.93. The highest BCUT2D eigenvalue weighted by Crippen LogP contribution is 2.06. The predicted octanol–water partition coefficient (Wildman–Crippen LogP) is -0.0977. The van der Waals surface area contributed by atoms with Gasteiger partial charge < -0.3 is 0 Å². The summed E-state index contributed by atoms with van der Waals surface area (Å²) in [5.74, 6) is 0.263. The molecule has 9 heavy (non-hydrogen) atoms. The van der Waals surface area contributed by atoms with E-state index in [-0.39, 0.29) is 11.8 Å². The molecule has 4 heteroatoms. The molecule has 3 nitrogen and oxygen atoms in total. The molecule has 1 aliphatic heterocycles. The molecule has 1 radical (unpaired) electrons. The first-order valence-corrected chi connectivity index (χ1v) is 4.58. The average Bonchev–Trinajstić information content (AvgIpc) is 1.60. The van der Waals surface area contributed by atoms with Crippen LogP contribution in [0.4, 0.5) is 0 Å². The summed E-state index contributed by atoms with van der Waals surface area (Å²) >= 11 is 0. The molecule has 1 saturated heterocycles. The summed E-state index contributed by atoms with van der Waals surface area (Å²) in [6.45, 7) is 3.60. The SMILES string of the molecule is [CH2]C1CCCS(=O)(=O)N1. The van der Waals surface area contributed by atoms with Crippen LogP contribution in [0.25, 0.3) is 0 Å². The third-order valence-corrected chi connectivity index (χ3v) is 2.83. The van der Waals surface area contributed by atoms with E-state index in [4.69, 9.17) is 0 Å². The van der Waals surface area contributed by atoms with E-state index >= 15 is 0 Å². The Labute approximate surface area is 55.5 Å². The van der Waals surface area contributed by atoms with Gasteiger partial charge in [-0.2, -0.15) is 0 Å². The second-order valence-corrected chi connectivity index (χ2v) is 4.15. The van der Waals surface area contributed by atoms with Gasteiger partial charge in [0, 0.05) is 6.04 Å². The summed E-state index contributed by atoms with van der Waals surface area (Å²) in [4.78, 5) is 0. The molecule has 1 aliphatic rings. The maximum absolute atomic E-state index is 10.7. The lowest BCUT2D eigenvalue weighted by Gasteiger charge is -2.18. The highest BCUT2D eigenvalue weighted by Gasteiger charge is 2.19. The first-order chi connectivity index (χ1) is 4.10. The van der Waals surface area contributed by atoms with Crippen molar-refractivity contribution in [3.8, 4) is 0 Å². The topological polar surface area (TPSA) is 46.2 Å². The summed E-state index contributed by atoms with van der Waals surface area (Å²) in [7, 11) is -2.94. The molecule has 0 aliphatic carbocycles. The van der Waals surface area contributed by atoms with Crippen molar-refractivity contribution < 1.29 is 8.42 Å². The largest absolute Gasteiger partial charge is 0.212 e. The lowest BCUT2D eigenvalue weighted by atomic mass is 10.2. The monoisotopic (exact) mass is 148 g/mol. The summed E-state index contributed by atoms with van der Waals surface area (Å²) in [6, 6.07) is -0.108. The maximum atomic E-state index is 10.7. The molecular formula is C5H10NO2S. The molecule has 1 unspecified atom stereocenters. The molecule has 0 aromatic rings. The Morgan fingerprint density at radius 1 is 1.56 bits per heavy atom. The molecule has 0 aromatic carbocycles. The molecule has 1 heterocycles. The van der Waals surface area contributed by atoms with Crippen molar-refractivity contribution in [1.29, 1.82) is 0 Å². The van der Waals surface area contributed by atoms with Crippen molar-refractivity contribution in [2.24, 2.45) is 0 Å². The van der Waals surface area contributed by atoms with E-state index in [2.05, 4.69) is 11.6 Å². The van der Waals surface area contributed by atoms with E-state index in [1.807, 2.05) is 0 Å². The van der Waals surface area contributed by atoms with Crippen LogP contribution >= 0.6 is 0 Å². The fourth-order valence-corrected chi connectivity index (χ4v) is 2.18. The number of hydrogen-bond donors (Lipinski definition) is 1. The van der Waals surface area contributed by atoms with Crippen LogP contribution < -0.4 is 4.72 Å². The van der Waals surface area contributed by atoms with Crippen molar-refractivity contribution in [3.05, 3.63) is 6.92 Å². The van der Waals surface area contributed by atoms with Crippen molar-refractivity contribution in [1.82, 2.24) is 4.72 Å². The molecule has 1 atom stereocenters. The Bertz CT molecular complexity index is 185. The molecule has 0 spiro atoms. The van der Waals surface area contributed by atoms with Crippen LogP contribution in [0.15, 0.2) is 0 Å². The lowest BCUT2D eigenvalue weighted by Crippen LogP contribution is -2.39. The Morgan fingerprint density at radius 3 is 2.56 bits per heavy atom. The summed E-state index contributed by atoms with van der Waals surface area (Å²) in [5, 5.41) is 0. The van der Waals surface area contributed by atoms with Crippen molar-refractivity contribution >= 4 is 10.0 Å². The minimum absolute atomic E-state index is 0.108. The minimum atomic E-state index is -2.94. The van der Waals surface area contributed by atoms with E-state index in [0.29, 0.717) is 0 Å². The van der Waals surface area contributed by atoms with Gasteiger partial charge in [-0.05, 0) is 19.8 Å². The van der Waals surface area contributed by atoms with Gasteiger partial charge in [0.1, 0.15) is 0 Å². The average molecular weight is 148 g/mol. The molecule has 1 fully saturated rings. The zero-order chi connectivity index (χ0) is 6.91. The Balaban J connectivity index is 2.62. The van der Waals surface area contributed by atoms with Crippen molar-refractivity contribution in [2.75, 3.05) is 5.75 Å². The van der Waals surface area contributed by atoms with Gasteiger partial charge in [-0.15, -0.1) is 0 Å². The van der Waals surface area contributed by atoms with Gasteiger partial charge >= 0.3 is 0 Å². The second-order valence-electron chi connectivity index (χ2n) is 2.28. The molecule has 1 rings (SSSR count). The van der Waals surface area contributed by atoms with Gasteiger partial charge in [-0.3, -0.25) is 0 Å². The molecule has 0 amide bonds. The lowest BCUT2D eigenvalue weighted by molar-refractivity contribution is 0.533. The molecule has 0 aromatic heterocycles. The van der Waals surface area contributed by atoms with Crippen LogP contribution in [0.2, 0.25) is 0 Å². The number of nitrogens with one attached hydrogen (secondary N) is 1. The zero-order valence-corrected chi connectivity index (χ0v) is 5.95. The highest BCUT2D eigenvalue weighted by molar-refractivity contribution is 7.89. The molecule has 53 valence electrons. The Morgan fingerprint density at radius 2 is 2.22 bits per heavy atom. The van der Waals surface area contributed by atoms with E-state index in [0.717, 1.165) is 12.8 Å². The molecule has 0 saturated carbocycles. The van der Waals surface area contributed by atoms with Gasteiger partial charge in [0.15, 0.2) is 0 Å². The maximum Gasteiger partial charge on any atom is 0.211 e. The highest BCUT2D eigenvalue weighted by atomic mass is 32.2. The van der Waals surface area contributed by atoms with E-state index in [9.17, 15) is 8.42 Å². The van der Waals surface area contributed by atoms with Gasteiger partial charge in [-0.25, -0.2) is 13.1 Å². The summed E-state index contributed by atoms with van der Waals surface area (Å²) in [5.41, 5.74) is 0. The number of rotatable bonds is 0. The third-order valence-electron chi connectivity index (χ3n) is 1.31. The smallest absolute Gasteiger partial charge is 0.211 e. The fraction of sp³-hybridized carbons (Fsp3) is 0.800. The Hall–Kier alpha value is -0.0900. The van der Waals surface area contributed by atoms with Gasteiger partial charge in [-0.1, -0.05) is 0 Å². The van der Waals surface area contributed by atoms with Crippen LogP contribution in [-0.4, -0.2) is 20.2 Å². The van der Waals surface area contributed by atoms with Crippen LogP contribution in [0.3, 0.4) is 0 Å². The van der Waals surface area contributed by atoms with E-state index in [1.54, 1.807) is 0 Å². The van der Waals surface area contributed by atoms with Gasteiger partial charge in [0.25, 0.3) is 0 Å². The number of hydrogen-bond acceptors (Lipinski definition) is 2. The normalized spacial score (nSPS) is 34.1. The fourth-order valence-electron chi connectivity index (χ4n) is 0.892.